The van der Waals surface area contributed by atoms with Crippen LogP contribution < -0.4 is 5.32 Å². The zero-order valence-electron chi connectivity index (χ0n) is 11.0. The fraction of sp³-hybridized carbons (Fsp3) is 0.600. The van der Waals surface area contributed by atoms with Gasteiger partial charge >= 0.3 is 0 Å². The first-order valence-electron chi connectivity index (χ1n) is 7.14. The SMILES string of the molecule is Fc1cccc(Br)c1[C@H](CC1CC1)N1CCNCC1. The van der Waals surface area contributed by atoms with Crippen molar-refractivity contribution < 1.29 is 4.39 Å². The molecular weight excluding hydrogens is 307 g/mol. The van der Waals surface area contributed by atoms with Gasteiger partial charge in [0.15, 0.2) is 0 Å². The standard InChI is InChI=1S/C15H20BrFN2/c16-12-2-1-3-13(17)15(12)14(10-11-4-5-11)19-8-6-18-7-9-19/h1-3,11,14,18H,4-10H2/t14-/m0/s1. The molecule has 3 rings (SSSR count). The molecule has 19 heavy (non-hydrogen) atoms. The minimum Gasteiger partial charge on any atom is -0.314 e. The lowest BCUT2D eigenvalue weighted by molar-refractivity contribution is 0.157. The van der Waals surface area contributed by atoms with Crippen molar-refractivity contribution in [3.8, 4) is 0 Å². The number of benzene rings is 1. The molecule has 1 N–H and O–H groups in total. The van der Waals surface area contributed by atoms with Gasteiger partial charge in [0.25, 0.3) is 0 Å². The maximum Gasteiger partial charge on any atom is 0.129 e. The van der Waals surface area contributed by atoms with Gasteiger partial charge in [-0.2, -0.15) is 0 Å². The van der Waals surface area contributed by atoms with Crippen molar-refractivity contribution in [1.29, 1.82) is 0 Å². The predicted octanol–water partition coefficient (Wildman–Crippen LogP) is 3.33. The minimum absolute atomic E-state index is 0.0708. The highest BCUT2D eigenvalue weighted by molar-refractivity contribution is 9.10. The van der Waals surface area contributed by atoms with Gasteiger partial charge in [0.05, 0.1) is 0 Å². The lowest BCUT2D eigenvalue weighted by Crippen LogP contribution is -2.45. The van der Waals surface area contributed by atoms with E-state index < -0.39 is 0 Å². The fourth-order valence-electron chi connectivity index (χ4n) is 2.94. The quantitative estimate of drug-likeness (QED) is 0.912. The Morgan fingerprint density at radius 2 is 2.05 bits per heavy atom. The zero-order valence-corrected chi connectivity index (χ0v) is 12.6. The minimum atomic E-state index is -0.0708. The molecule has 1 aromatic rings. The first-order valence-corrected chi connectivity index (χ1v) is 7.93. The Bertz CT molecular complexity index is 422. The number of nitrogens with zero attached hydrogens (tertiary/aromatic N) is 1. The average Bonchev–Trinajstić information content (AvgIpc) is 3.22. The second-order valence-electron chi connectivity index (χ2n) is 5.62. The summed E-state index contributed by atoms with van der Waals surface area (Å²) >= 11 is 3.54. The molecule has 0 unspecified atom stereocenters. The van der Waals surface area contributed by atoms with Crippen LogP contribution in [0.2, 0.25) is 0 Å². The Hall–Kier alpha value is -0.450. The third kappa shape index (κ3) is 3.18. The number of piperazine rings is 1. The maximum absolute atomic E-state index is 14.3. The molecule has 2 aliphatic rings. The molecule has 0 bridgehead atoms. The van der Waals surface area contributed by atoms with Crippen molar-refractivity contribution in [3.63, 3.8) is 0 Å². The highest BCUT2D eigenvalue weighted by atomic mass is 79.9. The smallest absolute Gasteiger partial charge is 0.129 e. The topological polar surface area (TPSA) is 15.3 Å². The highest BCUT2D eigenvalue weighted by Gasteiger charge is 2.32. The second kappa shape index (κ2) is 5.90. The molecule has 2 nitrogen and oxygen atoms in total. The van der Waals surface area contributed by atoms with Crippen LogP contribution in [0.3, 0.4) is 0 Å². The van der Waals surface area contributed by atoms with Gasteiger partial charge in [-0.25, -0.2) is 4.39 Å². The molecule has 1 saturated carbocycles. The first-order chi connectivity index (χ1) is 9.25. The summed E-state index contributed by atoms with van der Waals surface area (Å²) in [5.41, 5.74) is 0.858. The molecular formula is C15H20BrFN2. The molecule has 1 aliphatic heterocycles. The van der Waals surface area contributed by atoms with Gasteiger partial charge in [0, 0.05) is 42.3 Å². The summed E-state index contributed by atoms with van der Waals surface area (Å²) in [7, 11) is 0. The Morgan fingerprint density at radius 1 is 1.32 bits per heavy atom. The highest BCUT2D eigenvalue weighted by Crippen LogP contribution is 2.42. The molecule has 1 aliphatic carbocycles. The van der Waals surface area contributed by atoms with Crippen LogP contribution in [0.1, 0.15) is 30.9 Å². The van der Waals surface area contributed by atoms with E-state index in [9.17, 15) is 4.39 Å². The van der Waals surface area contributed by atoms with E-state index in [1.165, 1.54) is 12.8 Å². The molecule has 0 spiro atoms. The molecule has 2 fully saturated rings. The fourth-order valence-corrected chi connectivity index (χ4v) is 3.55. The van der Waals surface area contributed by atoms with E-state index in [0.717, 1.165) is 48.6 Å². The molecule has 1 saturated heterocycles. The third-order valence-corrected chi connectivity index (χ3v) is 4.87. The molecule has 4 heteroatoms. The van der Waals surface area contributed by atoms with Crippen molar-refractivity contribution in [2.24, 2.45) is 5.92 Å². The summed E-state index contributed by atoms with van der Waals surface area (Å²) in [5, 5.41) is 3.37. The van der Waals surface area contributed by atoms with Crippen molar-refractivity contribution in [2.45, 2.75) is 25.3 Å². The van der Waals surface area contributed by atoms with Gasteiger partial charge in [0.2, 0.25) is 0 Å². The molecule has 1 atom stereocenters. The van der Waals surface area contributed by atoms with Crippen LogP contribution in [0, 0.1) is 11.7 Å². The van der Waals surface area contributed by atoms with E-state index in [0.29, 0.717) is 0 Å². The number of rotatable bonds is 4. The van der Waals surface area contributed by atoms with E-state index in [4.69, 9.17) is 0 Å². The average molecular weight is 327 g/mol. The number of hydrogen-bond donors (Lipinski definition) is 1. The molecule has 1 aromatic carbocycles. The third-order valence-electron chi connectivity index (χ3n) is 4.18. The Labute approximate surface area is 122 Å². The molecule has 0 amide bonds. The van der Waals surface area contributed by atoms with Gasteiger partial charge in [-0.1, -0.05) is 34.8 Å². The summed E-state index contributed by atoms with van der Waals surface area (Å²) in [4.78, 5) is 2.44. The van der Waals surface area contributed by atoms with E-state index in [1.54, 1.807) is 12.1 Å². The van der Waals surface area contributed by atoms with Crippen molar-refractivity contribution in [3.05, 3.63) is 34.1 Å². The second-order valence-corrected chi connectivity index (χ2v) is 6.47. The van der Waals surface area contributed by atoms with Crippen molar-refractivity contribution in [2.75, 3.05) is 26.2 Å². The molecule has 0 aromatic heterocycles. The van der Waals surface area contributed by atoms with E-state index in [1.807, 2.05) is 6.07 Å². The van der Waals surface area contributed by atoms with Crippen LogP contribution in [0.15, 0.2) is 22.7 Å². The summed E-state index contributed by atoms with van der Waals surface area (Å²) in [6, 6.07) is 5.54. The van der Waals surface area contributed by atoms with Gasteiger partial charge in [0.1, 0.15) is 5.82 Å². The molecule has 1 heterocycles. The van der Waals surface area contributed by atoms with Crippen LogP contribution in [0.25, 0.3) is 0 Å². The van der Waals surface area contributed by atoms with Crippen LogP contribution in [-0.4, -0.2) is 31.1 Å². The Balaban J connectivity index is 1.88. The van der Waals surface area contributed by atoms with Gasteiger partial charge in [-0.15, -0.1) is 0 Å². The molecule has 104 valence electrons. The van der Waals surface area contributed by atoms with E-state index in [-0.39, 0.29) is 11.9 Å². The normalized spacial score (nSPS) is 22.4. The van der Waals surface area contributed by atoms with Crippen LogP contribution in [-0.2, 0) is 0 Å². The monoisotopic (exact) mass is 326 g/mol. The van der Waals surface area contributed by atoms with Gasteiger partial charge in [-0.3, -0.25) is 4.90 Å². The summed E-state index contributed by atoms with van der Waals surface area (Å²) in [5.74, 6) is 0.727. The maximum atomic E-state index is 14.3. The largest absolute Gasteiger partial charge is 0.314 e. The molecule has 0 radical (unpaired) electrons. The lowest BCUT2D eigenvalue weighted by Gasteiger charge is -2.36. The van der Waals surface area contributed by atoms with Gasteiger partial charge in [-0.05, 0) is 24.5 Å². The number of nitrogens with one attached hydrogen (secondary N) is 1. The Kier molecular flexibility index (Phi) is 4.20. The lowest BCUT2D eigenvalue weighted by atomic mass is 9.98. The summed E-state index contributed by atoms with van der Waals surface area (Å²) in [6.07, 6.45) is 3.73. The van der Waals surface area contributed by atoms with Crippen molar-refractivity contribution in [1.82, 2.24) is 10.2 Å². The van der Waals surface area contributed by atoms with Crippen molar-refractivity contribution >= 4 is 15.9 Å². The Morgan fingerprint density at radius 3 is 2.68 bits per heavy atom. The first kappa shape index (κ1) is 13.5. The zero-order chi connectivity index (χ0) is 13.2. The number of halogens is 2. The summed E-state index contributed by atoms with van der Waals surface area (Å²) in [6.45, 7) is 4.04. The van der Waals surface area contributed by atoms with Gasteiger partial charge < -0.3 is 5.32 Å². The van der Waals surface area contributed by atoms with E-state index >= 15 is 0 Å². The van der Waals surface area contributed by atoms with E-state index in [2.05, 4.69) is 26.1 Å². The van der Waals surface area contributed by atoms with Crippen LogP contribution >= 0.6 is 15.9 Å². The summed E-state index contributed by atoms with van der Waals surface area (Å²) < 4.78 is 15.2. The number of hydrogen-bond acceptors (Lipinski definition) is 2. The van der Waals surface area contributed by atoms with Crippen LogP contribution in [0.5, 0.6) is 0 Å². The van der Waals surface area contributed by atoms with Crippen LogP contribution in [0.4, 0.5) is 4.39 Å². The predicted molar refractivity (Wildman–Crippen MR) is 78.6 cm³/mol.